The molecule has 4 heterocycles. The standard InChI is InChI=1S/C21H26ClN3O7/c1-11-7-24(8-12(2)30-11)17-14(20-28-4-5-29-20)6-15-18(16(17)22)32-23-19(15)25-9-13(10-27-3)31-21(25)26/h6,11-13,20H,4-5,7-10H2,1-3H3/t11-,12-,13-/m1/s1. The SMILES string of the molecule is COC[C@H]1CN(c2noc3c(Cl)c(N4C[C@@H](C)O[C@H](C)C4)c(C4OCCO4)cc23)C(=O)O1. The fourth-order valence-corrected chi connectivity index (χ4v) is 4.96. The Balaban J connectivity index is 1.60. The molecule has 0 N–H and O–H groups in total. The number of ether oxygens (including phenoxy) is 5. The van der Waals surface area contributed by atoms with Gasteiger partial charge in [-0.05, 0) is 19.9 Å². The van der Waals surface area contributed by atoms with E-state index in [1.165, 1.54) is 4.90 Å². The number of hydrogen-bond donors (Lipinski definition) is 0. The molecule has 10 nitrogen and oxygen atoms in total. The highest BCUT2D eigenvalue weighted by Crippen LogP contribution is 2.45. The molecular weight excluding hydrogens is 442 g/mol. The van der Waals surface area contributed by atoms with Crippen molar-refractivity contribution in [2.75, 3.05) is 56.4 Å². The second kappa shape index (κ2) is 8.68. The van der Waals surface area contributed by atoms with Gasteiger partial charge in [0.15, 0.2) is 17.7 Å². The smallest absolute Gasteiger partial charge is 0.416 e. The molecule has 0 unspecified atom stereocenters. The van der Waals surface area contributed by atoms with E-state index < -0.39 is 12.4 Å². The van der Waals surface area contributed by atoms with E-state index in [1.807, 2.05) is 19.9 Å². The number of halogens is 1. The zero-order valence-corrected chi connectivity index (χ0v) is 19.0. The third kappa shape index (κ3) is 3.80. The predicted molar refractivity (Wildman–Crippen MR) is 115 cm³/mol. The van der Waals surface area contributed by atoms with Crippen molar-refractivity contribution in [3.8, 4) is 0 Å². The molecule has 1 aromatic heterocycles. The Hall–Kier alpha value is -2.11. The van der Waals surface area contributed by atoms with Crippen molar-refractivity contribution < 1.29 is 33.0 Å². The Morgan fingerprint density at radius 1 is 1.19 bits per heavy atom. The van der Waals surface area contributed by atoms with Crippen LogP contribution >= 0.6 is 11.6 Å². The van der Waals surface area contributed by atoms with Gasteiger partial charge in [-0.3, -0.25) is 4.90 Å². The molecule has 3 saturated heterocycles. The van der Waals surface area contributed by atoms with Crippen LogP contribution in [-0.4, -0.2) is 76.1 Å². The number of amides is 1. The van der Waals surface area contributed by atoms with Gasteiger partial charge in [-0.2, -0.15) is 0 Å². The molecule has 0 saturated carbocycles. The van der Waals surface area contributed by atoms with Crippen LogP contribution in [0.4, 0.5) is 16.3 Å². The molecule has 5 rings (SSSR count). The van der Waals surface area contributed by atoms with Crippen LogP contribution in [0.5, 0.6) is 0 Å². The monoisotopic (exact) mass is 467 g/mol. The first kappa shape index (κ1) is 21.7. The third-order valence-corrected chi connectivity index (χ3v) is 6.13. The summed E-state index contributed by atoms with van der Waals surface area (Å²) in [5, 5.41) is 5.16. The largest absolute Gasteiger partial charge is 0.441 e. The number of benzene rings is 1. The van der Waals surface area contributed by atoms with Crippen molar-refractivity contribution in [3.05, 3.63) is 16.7 Å². The van der Waals surface area contributed by atoms with Gasteiger partial charge in [0.05, 0.1) is 49.6 Å². The van der Waals surface area contributed by atoms with E-state index in [0.29, 0.717) is 61.3 Å². The summed E-state index contributed by atoms with van der Waals surface area (Å²) in [4.78, 5) is 16.1. The molecule has 1 amide bonds. The molecule has 1 aromatic carbocycles. The lowest BCUT2D eigenvalue weighted by Crippen LogP contribution is -2.46. The third-order valence-electron chi connectivity index (χ3n) is 5.78. The van der Waals surface area contributed by atoms with Crippen molar-refractivity contribution in [2.24, 2.45) is 0 Å². The Morgan fingerprint density at radius 3 is 2.59 bits per heavy atom. The summed E-state index contributed by atoms with van der Waals surface area (Å²) in [7, 11) is 1.56. The Morgan fingerprint density at radius 2 is 1.91 bits per heavy atom. The second-order valence-electron chi connectivity index (χ2n) is 8.32. The summed E-state index contributed by atoms with van der Waals surface area (Å²) in [5.41, 5.74) is 1.94. The highest BCUT2D eigenvalue weighted by molar-refractivity contribution is 6.38. The number of morpholine rings is 1. The molecule has 0 radical (unpaired) electrons. The van der Waals surface area contributed by atoms with Crippen molar-refractivity contribution >= 4 is 40.2 Å². The van der Waals surface area contributed by atoms with Gasteiger partial charge in [-0.25, -0.2) is 4.79 Å². The van der Waals surface area contributed by atoms with E-state index in [0.717, 1.165) is 11.3 Å². The minimum atomic E-state index is -0.574. The van der Waals surface area contributed by atoms with Crippen LogP contribution in [-0.2, 0) is 23.7 Å². The highest BCUT2D eigenvalue weighted by Gasteiger charge is 2.38. The maximum absolute atomic E-state index is 12.5. The summed E-state index contributed by atoms with van der Waals surface area (Å²) in [6.07, 6.45) is -1.40. The number of aromatic nitrogens is 1. The van der Waals surface area contributed by atoms with Crippen LogP contribution in [0.2, 0.25) is 5.02 Å². The fraction of sp³-hybridized carbons (Fsp3) is 0.619. The maximum Gasteiger partial charge on any atom is 0.416 e. The maximum atomic E-state index is 12.5. The molecule has 3 aliphatic heterocycles. The van der Waals surface area contributed by atoms with Crippen LogP contribution in [0.25, 0.3) is 11.0 Å². The number of fused-ring (bicyclic) bond motifs is 1. The number of carbonyl (C=O) groups is 1. The van der Waals surface area contributed by atoms with Crippen LogP contribution < -0.4 is 9.80 Å². The summed E-state index contributed by atoms with van der Waals surface area (Å²) in [6, 6.07) is 1.89. The van der Waals surface area contributed by atoms with Gasteiger partial charge in [0, 0.05) is 25.8 Å². The van der Waals surface area contributed by atoms with Crippen LogP contribution in [0, 0.1) is 0 Å². The number of carbonyl (C=O) groups excluding carboxylic acids is 1. The fourth-order valence-electron chi connectivity index (χ4n) is 4.60. The van der Waals surface area contributed by atoms with Crippen LogP contribution in [0.3, 0.4) is 0 Å². The zero-order valence-electron chi connectivity index (χ0n) is 18.2. The lowest BCUT2D eigenvalue weighted by Gasteiger charge is -2.38. The molecule has 174 valence electrons. The number of hydrogen-bond acceptors (Lipinski definition) is 9. The van der Waals surface area contributed by atoms with E-state index >= 15 is 0 Å². The molecule has 2 aromatic rings. The van der Waals surface area contributed by atoms with Crippen LogP contribution in [0.1, 0.15) is 25.7 Å². The molecule has 0 aliphatic carbocycles. The molecule has 3 aliphatic rings. The summed E-state index contributed by atoms with van der Waals surface area (Å²) in [5.74, 6) is 0.347. The van der Waals surface area contributed by atoms with E-state index in [2.05, 4.69) is 10.1 Å². The van der Waals surface area contributed by atoms with Crippen LogP contribution in [0.15, 0.2) is 10.6 Å². The first-order valence-corrected chi connectivity index (χ1v) is 11.1. The Kier molecular flexibility index (Phi) is 5.89. The minimum Gasteiger partial charge on any atom is -0.441 e. The van der Waals surface area contributed by atoms with E-state index in [9.17, 15) is 4.79 Å². The molecule has 3 fully saturated rings. The quantitative estimate of drug-likeness (QED) is 0.657. The van der Waals surface area contributed by atoms with Gasteiger partial charge in [0.1, 0.15) is 11.1 Å². The average molecular weight is 468 g/mol. The first-order valence-electron chi connectivity index (χ1n) is 10.7. The predicted octanol–water partition coefficient (Wildman–Crippen LogP) is 3.11. The van der Waals surface area contributed by atoms with E-state index in [-0.39, 0.29) is 18.3 Å². The Bertz CT molecular complexity index is 999. The van der Waals surface area contributed by atoms with Gasteiger partial charge in [-0.1, -0.05) is 16.8 Å². The Labute approximate surface area is 190 Å². The number of cyclic esters (lactones) is 1. The van der Waals surface area contributed by atoms with Crippen molar-refractivity contribution in [1.82, 2.24) is 5.16 Å². The van der Waals surface area contributed by atoms with Crippen molar-refractivity contribution in [1.29, 1.82) is 0 Å². The molecule has 11 heteroatoms. The van der Waals surface area contributed by atoms with E-state index in [4.69, 9.17) is 39.8 Å². The lowest BCUT2D eigenvalue weighted by molar-refractivity contribution is -0.0443. The zero-order chi connectivity index (χ0) is 22.4. The highest BCUT2D eigenvalue weighted by atomic mass is 35.5. The number of rotatable bonds is 5. The van der Waals surface area contributed by atoms with Gasteiger partial charge in [0.2, 0.25) is 0 Å². The summed E-state index contributed by atoms with van der Waals surface area (Å²) in [6.45, 7) is 6.95. The molecule has 3 atom stereocenters. The van der Waals surface area contributed by atoms with Gasteiger partial charge in [0.25, 0.3) is 0 Å². The normalized spacial score (nSPS) is 27.0. The topological polar surface area (TPSA) is 95.7 Å². The van der Waals surface area contributed by atoms with Gasteiger partial charge in [-0.15, -0.1) is 0 Å². The number of anilines is 2. The summed E-state index contributed by atoms with van der Waals surface area (Å²) >= 11 is 6.91. The van der Waals surface area contributed by atoms with Gasteiger partial charge >= 0.3 is 6.09 Å². The number of methoxy groups -OCH3 is 1. The average Bonchev–Trinajstić information content (AvgIpc) is 3.47. The lowest BCUT2D eigenvalue weighted by atomic mass is 10.1. The first-order chi connectivity index (χ1) is 15.5. The number of nitrogens with zero attached hydrogens (tertiary/aromatic N) is 3. The van der Waals surface area contributed by atoms with Crippen molar-refractivity contribution in [2.45, 2.75) is 38.4 Å². The van der Waals surface area contributed by atoms with E-state index in [1.54, 1.807) is 7.11 Å². The molecule has 32 heavy (non-hydrogen) atoms. The molecule has 0 spiro atoms. The second-order valence-corrected chi connectivity index (χ2v) is 8.70. The summed E-state index contributed by atoms with van der Waals surface area (Å²) < 4.78 is 33.7. The van der Waals surface area contributed by atoms with Crippen molar-refractivity contribution in [3.63, 3.8) is 0 Å². The van der Waals surface area contributed by atoms with Gasteiger partial charge < -0.3 is 33.1 Å². The molecule has 0 bridgehead atoms. The minimum absolute atomic E-state index is 0.0335. The molecular formula is C21H26ClN3O7.